The monoisotopic (exact) mass is 419 g/mol. The van der Waals surface area contributed by atoms with Crippen LogP contribution in [0.2, 0.25) is 0 Å². The quantitative estimate of drug-likeness (QED) is 0.449. The smallest absolute Gasteiger partial charge is 0.309 e. The molecule has 0 aliphatic rings. The Bertz CT molecular complexity index is 1240. The maximum absolute atomic E-state index is 12.4. The van der Waals surface area contributed by atoms with Crippen molar-refractivity contribution < 1.29 is 28.2 Å². The van der Waals surface area contributed by atoms with Crippen molar-refractivity contribution in [3.8, 4) is 11.5 Å². The van der Waals surface area contributed by atoms with Crippen LogP contribution in [0.4, 0.5) is 5.69 Å². The molecule has 0 spiro atoms. The summed E-state index contributed by atoms with van der Waals surface area (Å²) in [5.41, 5.74) is 2.71. The molecule has 3 aromatic carbocycles. The van der Waals surface area contributed by atoms with Gasteiger partial charge in [0.25, 0.3) is 5.91 Å². The molecule has 0 bridgehead atoms. The van der Waals surface area contributed by atoms with Gasteiger partial charge < -0.3 is 23.9 Å². The molecule has 4 aromatic rings. The van der Waals surface area contributed by atoms with Crippen molar-refractivity contribution in [2.24, 2.45) is 0 Å². The lowest BCUT2D eigenvalue weighted by Gasteiger charge is -2.11. The molecule has 0 atom stereocenters. The summed E-state index contributed by atoms with van der Waals surface area (Å²) in [6.07, 6.45) is 0.182. The first-order valence-corrected chi connectivity index (χ1v) is 9.65. The van der Waals surface area contributed by atoms with E-state index in [4.69, 9.17) is 13.9 Å². The van der Waals surface area contributed by atoms with Gasteiger partial charge in [0.2, 0.25) is 0 Å². The Labute approximate surface area is 178 Å². The van der Waals surface area contributed by atoms with Gasteiger partial charge in [0.1, 0.15) is 22.7 Å². The van der Waals surface area contributed by atoms with Crippen LogP contribution in [0.1, 0.15) is 5.56 Å². The summed E-state index contributed by atoms with van der Waals surface area (Å²) in [4.78, 5) is 23.7. The predicted molar refractivity (Wildman–Crippen MR) is 117 cm³/mol. The second-order valence-electron chi connectivity index (χ2n) is 6.88. The maximum Gasteiger partial charge on any atom is 0.309 e. The maximum atomic E-state index is 12.4. The number of carbonyl (C=O) groups is 2. The molecule has 1 aromatic heterocycles. The number of benzene rings is 3. The number of furan rings is 1. The number of amides is 1. The summed E-state index contributed by atoms with van der Waals surface area (Å²) in [7, 11) is 2.89. The summed E-state index contributed by atoms with van der Waals surface area (Å²) >= 11 is 0. The molecule has 0 radical (unpaired) electrons. The van der Waals surface area contributed by atoms with Crippen molar-refractivity contribution in [2.75, 3.05) is 26.1 Å². The van der Waals surface area contributed by atoms with Gasteiger partial charge in [-0.15, -0.1) is 0 Å². The van der Waals surface area contributed by atoms with E-state index >= 15 is 0 Å². The van der Waals surface area contributed by atoms with E-state index in [1.54, 1.807) is 37.4 Å². The minimum Gasteiger partial charge on any atom is -0.495 e. The standard InChI is InChI=1S/C24H21NO6/c1-28-22-12-18-17-5-3-4-6-20(17)31-21(18)13-19(22)25-23(26)14-30-16-9-7-15(8-10-16)11-24(27)29-2/h3-10,12-13H,11,14H2,1-2H3,(H,25,26). The lowest BCUT2D eigenvalue weighted by atomic mass is 10.1. The molecule has 4 rings (SSSR count). The molecule has 31 heavy (non-hydrogen) atoms. The number of hydrogen-bond donors (Lipinski definition) is 1. The van der Waals surface area contributed by atoms with Crippen molar-refractivity contribution >= 4 is 39.5 Å². The van der Waals surface area contributed by atoms with Gasteiger partial charge in [-0.1, -0.05) is 30.3 Å². The average Bonchev–Trinajstić information content (AvgIpc) is 3.15. The molecule has 7 nitrogen and oxygen atoms in total. The third kappa shape index (κ3) is 4.45. The number of fused-ring (bicyclic) bond motifs is 3. The fraction of sp³-hybridized carbons (Fsp3) is 0.167. The first kappa shape index (κ1) is 20.3. The van der Waals surface area contributed by atoms with Crippen LogP contribution in [0.5, 0.6) is 11.5 Å². The Balaban J connectivity index is 1.44. The van der Waals surface area contributed by atoms with E-state index in [2.05, 4.69) is 10.1 Å². The highest BCUT2D eigenvalue weighted by Crippen LogP contribution is 2.36. The molecule has 0 saturated heterocycles. The molecule has 1 N–H and O–H groups in total. The number of para-hydroxylation sites is 1. The third-order valence-electron chi connectivity index (χ3n) is 4.84. The Hall–Kier alpha value is -4.00. The van der Waals surface area contributed by atoms with Gasteiger partial charge in [0.05, 0.1) is 26.3 Å². The lowest BCUT2D eigenvalue weighted by molar-refractivity contribution is -0.139. The molecule has 0 aliphatic carbocycles. The Morgan fingerprint density at radius 1 is 0.935 bits per heavy atom. The van der Waals surface area contributed by atoms with E-state index in [1.165, 1.54) is 7.11 Å². The number of anilines is 1. The lowest BCUT2D eigenvalue weighted by Crippen LogP contribution is -2.20. The second-order valence-corrected chi connectivity index (χ2v) is 6.88. The first-order valence-electron chi connectivity index (χ1n) is 9.65. The normalized spacial score (nSPS) is 10.8. The van der Waals surface area contributed by atoms with Gasteiger partial charge >= 0.3 is 5.97 Å². The van der Waals surface area contributed by atoms with Crippen molar-refractivity contribution in [3.63, 3.8) is 0 Å². The van der Waals surface area contributed by atoms with Crippen molar-refractivity contribution in [3.05, 3.63) is 66.2 Å². The van der Waals surface area contributed by atoms with Gasteiger partial charge in [-0.2, -0.15) is 0 Å². The Morgan fingerprint density at radius 2 is 1.71 bits per heavy atom. The summed E-state index contributed by atoms with van der Waals surface area (Å²) in [5.74, 6) is 0.388. The van der Waals surface area contributed by atoms with Crippen molar-refractivity contribution in [2.45, 2.75) is 6.42 Å². The van der Waals surface area contributed by atoms with Crippen LogP contribution < -0.4 is 14.8 Å². The van der Waals surface area contributed by atoms with Crippen LogP contribution in [0.3, 0.4) is 0 Å². The fourth-order valence-electron chi connectivity index (χ4n) is 3.30. The highest BCUT2D eigenvalue weighted by atomic mass is 16.5. The van der Waals surface area contributed by atoms with Crippen LogP contribution in [-0.4, -0.2) is 32.7 Å². The topological polar surface area (TPSA) is 87.0 Å². The molecule has 0 aliphatic heterocycles. The van der Waals surface area contributed by atoms with Gasteiger partial charge in [-0.3, -0.25) is 9.59 Å². The number of esters is 1. The van der Waals surface area contributed by atoms with E-state index in [0.29, 0.717) is 22.8 Å². The minimum absolute atomic E-state index is 0.182. The van der Waals surface area contributed by atoms with E-state index in [9.17, 15) is 9.59 Å². The predicted octanol–water partition coefficient (Wildman–Crippen LogP) is 4.33. The van der Waals surface area contributed by atoms with Crippen LogP contribution in [0.15, 0.2) is 65.1 Å². The molecule has 1 heterocycles. The first-order chi connectivity index (χ1) is 15.1. The highest BCUT2D eigenvalue weighted by molar-refractivity contribution is 6.07. The van der Waals surface area contributed by atoms with Gasteiger partial charge in [0.15, 0.2) is 6.61 Å². The Kier molecular flexibility index (Phi) is 5.75. The van der Waals surface area contributed by atoms with Gasteiger partial charge in [-0.25, -0.2) is 0 Å². The number of rotatable bonds is 7. The largest absolute Gasteiger partial charge is 0.495 e. The number of methoxy groups -OCH3 is 2. The molecule has 7 heteroatoms. The Morgan fingerprint density at radius 3 is 2.45 bits per heavy atom. The molecular formula is C24H21NO6. The highest BCUT2D eigenvalue weighted by Gasteiger charge is 2.14. The molecular weight excluding hydrogens is 398 g/mol. The molecule has 158 valence electrons. The number of hydrogen-bond acceptors (Lipinski definition) is 6. The fourth-order valence-corrected chi connectivity index (χ4v) is 3.30. The molecule has 0 saturated carbocycles. The summed E-state index contributed by atoms with van der Waals surface area (Å²) in [6.45, 7) is -0.183. The van der Waals surface area contributed by atoms with Crippen molar-refractivity contribution in [1.29, 1.82) is 0 Å². The SMILES string of the molecule is COC(=O)Cc1ccc(OCC(=O)Nc2cc3oc4ccccc4c3cc2OC)cc1. The minimum atomic E-state index is -0.340. The van der Waals surface area contributed by atoms with Crippen molar-refractivity contribution in [1.82, 2.24) is 0 Å². The van der Waals surface area contributed by atoms with Gasteiger partial charge in [-0.05, 0) is 29.8 Å². The molecule has 1 amide bonds. The van der Waals surface area contributed by atoms with Crippen LogP contribution in [-0.2, 0) is 20.7 Å². The summed E-state index contributed by atoms with van der Waals surface area (Å²) < 4.78 is 21.5. The number of nitrogens with one attached hydrogen (secondary N) is 1. The second kappa shape index (κ2) is 8.79. The van der Waals surface area contributed by atoms with E-state index in [-0.39, 0.29) is 24.9 Å². The van der Waals surface area contributed by atoms with E-state index in [0.717, 1.165) is 21.9 Å². The zero-order chi connectivity index (χ0) is 21.8. The number of carbonyl (C=O) groups excluding carboxylic acids is 2. The zero-order valence-corrected chi connectivity index (χ0v) is 17.1. The van der Waals surface area contributed by atoms with E-state index < -0.39 is 0 Å². The summed E-state index contributed by atoms with van der Waals surface area (Å²) in [6, 6.07) is 18.2. The van der Waals surface area contributed by atoms with E-state index in [1.807, 2.05) is 30.3 Å². The average molecular weight is 419 g/mol. The zero-order valence-electron chi connectivity index (χ0n) is 17.1. The molecule has 0 unspecified atom stereocenters. The van der Waals surface area contributed by atoms with Crippen LogP contribution in [0.25, 0.3) is 21.9 Å². The summed E-state index contributed by atoms with van der Waals surface area (Å²) in [5, 5.41) is 4.69. The van der Waals surface area contributed by atoms with Crippen LogP contribution >= 0.6 is 0 Å². The number of ether oxygens (including phenoxy) is 3. The third-order valence-corrected chi connectivity index (χ3v) is 4.84. The van der Waals surface area contributed by atoms with Crippen LogP contribution in [0, 0.1) is 0 Å². The van der Waals surface area contributed by atoms with Gasteiger partial charge in [0, 0.05) is 16.8 Å². The molecule has 0 fully saturated rings.